The highest BCUT2D eigenvalue weighted by molar-refractivity contribution is 6.31. The van der Waals surface area contributed by atoms with Crippen molar-refractivity contribution in [2.24, 2.45) is 5.41 Å². The lowest BCUT2D eigenvalue weighted by molar-refractivity contribution is -0.118. The predicted molar refractivity (Wildman–Crippen MR) is 95.7 cm³/mol. The maximum atomic E-state index is 13.0. The van der Waals surface area contributed by atoms with Crippen molar-refractivity contribution in [2.45, 2.75) is 39.5 Å². The predicted octanol–water partition coefficient (Wildman–Crippen LogP) is 4.61. The minimum absolute atomic E-state index is 0.116. The Morgan fingerprint density at radius 3 is 2.72 bits per heavy atom. The van der Waals surface area contributed by atoms with Crippen molar-refractivity contribution in [3.63, 3.8) is 0 Å². The largest absolute Gasteiger partial charge is 0.442 e. The second kappa shape index (κ2) is 5.67. The number of nitrogens with zero attached hydrogens (tertiary/aromatic N) is 2. The number of Topliss-reactive ketones (excluding diaryl/α,β-unsaturated/α-hetero) is 1. The van der Waals surface area contributed by atoms with Crippen molar-refractivity contribution in [1.29, 1.82) is 0 Å². The fraction of sp³-hybridized carbons (Fsp3) is 0.350. The molecule has 2 aromatic rings. The molecule has 0 bridgehead atoms. The molecular formula is C20H19ClN2O2. The number of ketones is 1. The zero-order valence-electron chi connectivity index (χ0n) is 14.5. The zero-order chi connectivity index (χ0) is 17.8. The average molecular weight is 355 g/mol. The molecule has 25 heavy (non-hydrogen) atoms. The number of fused-ring (bicyclic) bond motifs is 1. The Balaban J connectivity index is 2.00. The highest BCUT2D eigenvalue weighted by atomic mass is 35.5. The molecule has 1 aromatic carbocycles. The summed E-state index contributed by atoms with van der Waals surface area (Å²) in [5, 5.41) is 0.632. The summed E-state index contributed by atoms with van der Waals surface area (Å²) in [6.45, 7) is 6.09. The van der Waals surface area contributed by atoms with E-state index in [0.717, 1.165) is 22.6 Å². The van der Waals surface area contributed by atoms with Crippen molar-refractivity contribution in [1.82, 2.24) is 9.97 Å². The van der Waals surface area contributed by atoms with E-state index in [0.29, 0.717) is 29.3 Å². The fourth-order valence-electron chi connectivity index (χ4n) is 3.85. The Morgan fingerprint density at radius 2 is 1.96 bits per heavy atom. The third-order valence-corrected chi connectivity index (χ3v) is 5.28. The Morgan fingerprint density at radius 1 is 1.20 bits per heavy atom. The summed E-state index contributed by atoms with van der Waals surface area (Å²) in [6.07, 6.45) is 2.70. The van der Waals surface area contributed by atoms with Crippen LogP contribution in [0.5, 0.6) is 5.88 Å². The van der Waals surface area contributed by atoms with Crippen LogP contribution in [0.4, 0.5) is 0 Å². The van der Waals surface area contributed by atoms with Crippen molar-refractivity contribution in [2.75, 3.05) is 0 Å². The van der Waals surface area contributed by atoms with E-state index >= 15 is 0 Å². The normalized spacial score (nSPS) is 21.4. The Kier molecular flexibility index (Phi) is 3.69. The SMILES string of the molecule is Cc1ncnc2c1C(c1ccccc1Cl)C1=C(CC(C)(C)CC1=O)O2. The Labute approximate surface area is 151 Å². The zero-order valence-corrected chi connectivity index (χ0v) is 15.2. The van der Waals surface area contributed by atoms with Gasteiger partial charge in [-0.05, 0) is 24.0 Å². The van der Waals surface area contributed by atoms with Gasteiger partial charge in [0.05, 0.1) is 0 Å². The number of hydrogen-bond acceptors (Lipinski definition) is 4. The molecule has 1 aliphatic heterocycles. The Hall–Kier alpha value is -2.20. The molecule has 0 saturated carbocycles. The number of aromatic nitrogens is 2. The summed E-state index contributed by atoms with van der Waals surface area (Å²) < 4.78 is 6.08. The van der Waals surface area contributed by atoms with Gasteiger partial charge in [-0.1, -0.05) is 43.6 Å². The van der Waals surface area contributed by atoms with E-state index in [1.165, 1.54) is 6.33 Å². The smallest absolute Gasteiger partial charge is 0.226 e. The molecule has 1 unspecified atom stereocenters. The lowest BCUT2D eigenvalue weighted by Gasteiger charge is -2.38. The van der Waals surface area contributed by atoms with Gasteiger partial charge in [0, 0.05) is 40.6 Å². The molecule has 0 N–H and O–H groups in total. The topological polar surface area (TPSA) is 52.1 Å². The molecule has 0 radical (unpaired) electrons. The van der Waals surface area contributed by atoms with Crippen LogP contribution < -0.4 is 4.74 Å². The van der Waals surface area contributed by atoms with Gasteiger partial charge in [0.1, 0.15) is 12.1 Å². The Bertz CT molecular complexity index is 918. The molecule has 0 saturated heterocycles. The molecule has 0 fully saturated rings. The van der Waals surface area contributed by atoms with Crippen LogP contribution >= 0.6 is 11.6 Å². The lowest BCUT2D eigenvalue weighted by atomic mass is 9.70. The van der Waals surface area contributed by atoms with Crippen LogP contribution in [0.1, 0.15) is 49.4 Å². The first kappa shape index (κ1) is 16.3. The van der Waals surface area contributed by atoms with E-state index in [1.807, 2.05) is 31.2 Å². The summed E-state index contributed by atoms with van der Waals surface area (Å²) in [4.78, 5) is 21.7. The second-order valence-electron chi connectivity index (χ2n) is 7.51. The monoisotopic (exact) mass is 354 g/mol. The molecule has 128 valence electrons. The molecule has 5 heteroatoms. The van der Waals surface area contributed by atoms with Gasteiger partial charge in [-0.15, -0.1) is 0 Å². The molecule has 4 rings (SSSR count). The lowest BCUT2D eigenvalue weighted by Crippen LogP contribution is -2.33. The number of aryl methyl sites for hydroxylation is 1. The number of ether oxygens (including phenoxy) is 1. The van der Waals surface area contributed by atoms with E-state index in [1.54, 1.807) is 0 Å². The fourth-order valence-corrected chi connectivity index (χ4v) is 4.09. The van der Waals surface area contributed by atoms with Crippen LogP contribution in [-0.4, -0.2) is 15.8 Å². The van der Waals surface area contributed by atoms with Crippen LogP contribution in [0, 0.1) is 12.3 Å². The highest BCUT2D eigenvalue weighted by Crippen LogP contribution is 2.50. The van der Waals surface area contributed by atoms with Crippen LogP contribution in [0.3, 0.4) is 0 Å². The number of allylic oxidation sites excluding steroid dienone is 2. The summed E-state index contributed by atoms with van der Waals surface area (Å²) >= 11 is 6.50. The van der Waals surface area contributed by atoms with Gasteiger partial charge < -0.3 is 4.74 Å². The van der Waals surface area contributed by atoms with E-state index in [9.17, 15) is 4.79 Å². The maximum Gasteiger partial charge on any atom is 0.226 e. The number of carbonyl (C=O) groups excluding carboxylic acids is 1. The first-order chi connectivity index (χ1) is 11.9. The van der Waals surface area contributed by atoms with Gasteiger partial charge >= 0.3 is 0 Å². The van der Waals surface area contributed by atoms with Gasteiger partial charge in [0.2, 0.25) is 5.88 Å². The molecule has 4 nitrogen and oxygen atoms in total. The van der Waals surface area contributed by atoms with E-state index in [2.05, 4.69) is 23.8 Å². The molecule has 0 spiro atoms. The maximum absolute atomic E-state index is 13.0. The number of rotatable bonds is 1. The third kappa shape index (κ3) is 2.65. The van der Waals surface area contributed by atoms with Crippen molar-refractivity contribution in [3.05, 3.63) is 63.8 Å². The summed E-state index contributed by atoms with van der Waals surface area (Å²) in [7, 11) is 0. The summed E-state index contributed by atoms with van der Waals surface area (Å²) in [5.74, 6) is 1.08. The first-order valence-corrected chi connectivity index (χ1v) is 8.75. The van der Waals surface area contributed by atoms with Crippen molar-refractivity contribution < 1.29 is 9.53 Å². The molecule has 1 atom stereocenters. The minimum Gasteiger partial charge on any atom is -0.442 e. The third-order valence-electron chi connectivity index (χ3n) is 4.94. The summed E-state index contributed by atoms with van der Waals surface area (Å²) in [5.41, 5.74) is 3.12. The molecule has 1 aromatic heterocycles. The van der Waals surface area contributed by atoms with Gasteiger partial charge in [-0.2, -0.15) is 0 Å². The van der Waals surface area contributed by atoms with Gasteiger partial charge in [-0.3, -0.25) is 4.79 Å². The van der Waals surface area contributed by atoms with Gasteiger partial charge in [0.15, 0.2) is 5.78 Å². The highest BCUT2D eigenvalue weighted by Gasteiger charge is 2.43. The van der Waals surface area contributed by atoms with Crippen molar-refractivity contribution >= 4 is 17.4 Å². The number of benzene rings is 1. The quantitative estimate of drug-likeness (QED) is 0.750. The van der Waals surface area contributed by atoms with Crippen LogP contribution in [0.2, 0.25) is 5.02 Å². The van der Waals surface area contributed by atoms with Crippen molar-refractivity contribution in [3.8, 4) is 5.88 Å². The molecule has 2 aliphatic rings. The molecule has 1 aliphatic carbocycles. The number of halogens is 1. The van der Waals surface area contributed by atoms with Gasteiger partial charge in [-0.25, -0.2) is 9.97 Å². The molecule has 0 amide bonds. The molecule has 2 heterocycles. The van der Waals surface area contributed by atoms with Crippen LogP contribution in [0.25, 0.3) is 0 Å². The molecular weight excluding hydrogens is 336 g/mol. The van der Waals surface area contributed by atoms with Crippen LogP contribution in [0.15, 0.2) is 41.9 Å². The first-order valence-electron chi connectivity index (χ1n) is 8.37. The van der Waals surface area contributed by atoms with Crippen LogP contribution in [-0.2, 0) is 4.79 Å². The summed E-state index contributed by atoms with van der Waals surface area (Å²) in [6, 6.07) is 7.64. The standard InChI is InChI=1S/C20H19ClN2O2/c1-11-16-17(12-6-4-5-7-13(12)21)18-14(24)8-20(2,3)9-15(18)25-19(16)23-10-22-11/h4-7,10,17H,8-9H2,1-3H3. The second-order valence-corrected chi connectivity index (χ2v) is 7.92. The average Bonchev–Trinajstić information content (AvgIpc) is 2.52. The minimum atomic E-state index is -0.280. The number of hydrogen-bond donors (Lipinski definition) is 0. The van der Waals surface area contributed by atoms with E-state index in [4.69, 9.17) is 16.3 Å². The number of carbonyl (C=O) groups is 1. The van der Waals surface area contributed by atoms with Gasteiger partial charge in [0.25, 0.3) is 0 Å². The van der Waals surface area contributed by atoms with E-state index < -0.39 is 0 Å². The van der Waals surface area contributed by atoms with E-state index in [-0.39, 0.29) is 17.1 Å².